The molecule has 1 unspecified atom stereocenters. The molecule has 1 aliphatic carbocycles. The normalized spacial score (nSPS) is 24.6. The number of sulfonamides is 1. The molecule has 0 heterocycles. The monoisotopic (exact) mass is 367 g/mol. The van der Waals surface area contributed by atoms with Crippen molar-refractivity contribution in [3.8, 4) is 0 Å². The first kappa shape index (κ1) is 11.0. The van der Waals surface area contributed by atoms with E-state index in [1.165, 1.54) is 6.92 Å². The van der Waals surface area contributed by atoms with E-state index >= 15 is 0 Å². The van der Waals surface area contributed by atoms with Crippen molar-refractivity contribution in [3.63, 3.8) is 0 Å². The standard InChI is InChI=1S/C15H17ClFNO4S/c1-2-22-15(19)11-5-3-4-6-14(11)23(20,21)18-13-8-7-10(17)9-12(13)16/h5,7-9,14,18H,2-4,6H2,1H3/i3D2,5D,7D,8D,9D. The minimum Gasteiger partial charge on any atom is -0.463 e. The summed E-state index contributed by atoms with van der Waals surface area (Å²) in [5.74, 6) is -2.57. The molecule has 1 aliphatic rings. The van der Waals surface area contributed by atoms with Crippen LogP contribution in [0.3, 0.4) is 0 Å². The molecule has 2 rings (SSSR count). The number of allylic oxidation sites excluding steroid dienone is 1. The van der Waals surface area contributed by atoms with Gasteiger partial charge in [-0.05, 0) is 44.3 Å². The topological polar surface area (TPSA) is 72.5 Å². The first-order chi connectivity index (χ1) is 13.3. The van der Waals surface area contributed by atoms with E-state index in [9.17, 15) is 17.6 Å². The summed E-state index contributed by atoms with van der Waals surface area (Å²) in [6.45, 7) is 1.32. The lowest BCUT2D eigenvalue weighted by Gasteiger charge is -2.24. The maximum atomic E-state index is 13.7. The predicted molar refractivity (Wildman–Crippen MR) is 86.3 cm³/mol. The van der Waals surface area contributed by atoms with E-state index in [1.807, 2.05) is 4.72 Å². The van der Waals surface area contributed by atoms with Crippen molar-refractivity contribution in [2.45, 2.75) is 31.4 Å². The Labute approximate surface area is 148 Å². The summed E-state index contributed by atoms with van der Waals surface area (Å²) in [6, 6.07) is -3.77. The number of anilines is 1. The van der Waals surface area contributed by atoms with Crippen LogP contribution in [0.1, 0.15) is 34.4 Å². The van der Waals surface area contributed by atoms with Crippen LogP contribution in [0, 0.1) is 5.82 Å². The van der Waals surface area contributed by atoms with Crippen LogP contribution in [0.15, 0.2) is 29.8 Å². The Bertz CT molecular complexity index is 972. The maximum absolute atomic E-state index is 13.7. The minimum atomic E-state index is -4.61. The van der Waals surface area contributed by atoms with Crippen LogP contribution in [-0.4, -0.2) is 26.2 Å². The summed E-state index contributed by atoms with van der Waals surface area (Å²) in [4.78, 5) is 12.3. The molecule has 5 nitrogen and oxygen atoms in total. The number of nitrogens with one attached hydrogen (secondary N) is 1. The molecule has 0 amide bonds. The number of hydrogen-bond acceptors (Lipinski definition) is 4. The molecule has 1 aromatic rings. The zero-order chi connectivity index (χ0) is 22.3. The number of carbonyl (C=O) groups is 1. The third-order valence-electron chi connectivity index (χ3n) is 2.93. The fraction of sp³-hybridized carbons (Fsp3) is 0.400. The van der Waals surface area contributed by atoms with Gasteiger partial charge in [-0.3, -0.25) is 4.72 Å². The minimum absolute atomic E-state index is 0.135. The van der Waals surface area contributed by atoms with E-state index in [1.54, 1.807) is 0 Å². The lowest BCUT2D eigenvalue weighted by molar-refractivity contribution is -0.138. The Kier molecular flexibility index (Phi) is 3.51. The molecule has 1 N–H and O–H groups in total. The van der Waals surface area contributed by atoms with Crippen LogP contribution in [0.25, 0.3) is 0 Å². The van der Waals surface area contributed by atoms with E-state index in [0.717, 1.165) is 0 Å². The van der Waals surface area contributed by atoms with Crippen LogP contribution in [0.4, 0.5) is 10.1 Å². The highest BCUT2D eigenvalue weighted by Crippen LogP contribution is 2.30. The Balaban J connectivity index is 2.59. The summed E-state index contributed by atoms with van der Waals surface area (Å²) in [5, 5.41) is -2.45. The van der Waals surface area contributed by atoms with Gasteiger partial charge in [0.25, 0.3) is 0 Å². The van der Waals surface area contributed by atoms with E-state index < -0.39 is 73.9 Å². The van der Waals surface area contributed by atoms with E-state index in [0.29, 0.717) is 0 Å². The second-order valence-corrected chi connectivity index (χ2v) is 6.73. The zero-order valence-corrected chi connectivity index (χ0v) is 13.6. The van der Waals surface area contributed by atoms with E-state index in [2.05, 4.69) is 0 Å². The summed E-state index contributed by atoms with van der Waals surface area (Å²) >= 11 is 5.78. The molecule has 0 fully saturated rings. The quantitative estimate of drug-likeness (QED) is 0.811. The van der Waals surface area contributed by atoms with Gasteiger partial charge in [0.1, 0.15) is 11.1 Å². The molecule has 0 bridgehead atoms. The third kappa shape index (κ3) is 4.23. The average molecular weight is 368 g/mol. The molecule has 0 radical (unpaired) electrons. The fourth-order valence-electron chi connectivity index (χ4n) is 1.93. The van der Waals surface area contributed by atoms with Crippen LogP contribution >= 0.6 is 11.6 Å². The zero-order valence-electron chi connectivity index (χ0n) is 18.0. The summed E-state index contributed by atoms with van der Waals surface area (Å²) in [6.07, 6.45) is -3.00. The second kappa shape index (κ2) is 7.31. The number of benzene rings is 1. The van der Waals surface area contributed by atoms with Crippen molar-refractivity contribution in [1.29, 1.82) is 0 Å². The largest absolute Gasteiger partial charge is 0.463 e. The molecule has 0 saturated heterocycles. The SMILES string of the molecule is [2H]C1=C(C(=O)OCC)C(S(=O)(=O)Nc2c([2H])c([2H])c(F)c([2H])c2Cl)CCC1([2H])[2H]. The maximum Gasteiger partial charge on any atom is 0.335 e. The Morgan fingerprint density at radius 3 is 3.04 bits per heavy atom. The first-order valence-corrected chi connectivity index (χ1v) is 8.53. The van der Waals surface area contributed by atoms with Gasteiger partial charge >= 0.3 is 5.97 Å². The van der Waals surface area contributed by atoms with Gasteiger partial charge in [-0.2, -0.15) is 0 Å². The van der Waals surface area contributed by atoms with Gasteiger partial charge in [0.05, 0.1) is 28.4 Å². The average Bonchev–Trinajstić information content (AvgIpc) is 2.64. The number of hydrogen-bond donors (Lipinski definition) is 1. The van der Waals surface area contributed by atoms with Crippen molar-refractivity contribution in [3.05, 3.63) is 40.6 Å². The second-order valence-electron chi connectivity index (χ2n) is 4.49. The number of ether oxygens (including phenoxy) is 1. The highest BCUT2D eigenvalue weighted by molar-refractivity contribution is 7.93. The van der Waals surface area contributed by atoms with Crippen molar-refractivity contribution in [1.82, 2.24) is 0 Å². The third-order valence-corrected chi connectivity index (χ3v) is 4.92. The molecule has 1 atom stereocenters. The van der Waals surface area contributed by atoms with E-state index in [-0.39, 0.29) is 19.4 Å². The molecular formula is C15H17ClFNO4S. The van der Waals surface area contributed by atoms with E-state index in [4.69, 9.17) is 24.6 Å². The number of halogens is 2. The summed E-state index contributed by atoms with van der Waals surface area (Å²) in [7, 11) is -4.61. The molecule has 0 aliphatic heterocycles. The van der Waals surface area contributed by atoms with Crippen LogP contribution < -0.4 is 4.72 Å². The molecule has 1 aromatic carbocycles. The van der Waals surface area contributed by atoms with Crippen molar-refractivity contribution in [2.75, 3.05) is 11.3 Å². The molecule has 8 heteroatoms. The Hall–Kier alpha value is -1.60. The lowest BCUT2D eigenvalue weighted by atomic mass is 9.99. The molecule has 23 heavy (non-hydrogen) atoms. The smallest absolute Gasteiger partial charge is 0.335 e. The Morgan fingerprint density at radius 1 is 1.61 bits per heavy atom. The highest BCUT2D eigenvalue weighted by atomic mass is 35.5. The van der Waals surface area contributed by atoms with Gasteiger partial charge in [0.15, 0.2) is 0 Å². The number of carbonyl (C=O) groups excluding carboxylic acids is 1. The molecule has 0 saturated carbocycles. The van der Waals surface area contributed by atoms with Crippen LogP contribution in [0.2, 0.25) is 5.02 Å². The van der Waals surface area contributed by atoms with Gasteiger partial charge < -0.3 is 4.74 Å². The van der Waals surface area contributed by atoms with Gasteiger partial charge in [0.2, 0.25) is 10.0 Å². The first-order valence-electron chi connectivity index (χ1n) is 9.61. The van der Waals surface area contributed by atoms with Crippen molar-refractivity contribution < 1.29 is 30.6 Å². The fourth-order valence-corrected chi connectivity index (χ4v) is 3.64. The Morgan fingerprint density at radius 2 is 2.35 bits per heavy atom. The van der Waals surface area contributed by atoms with Gasteiger partial charge in [-0.15, -0.1) is 0 Å². The van der Waals surface area contributed by atoms with Crippen molar-refractivity contribution in [2.24, 2.45) is 0 Å². The van der Waals surface area contributed by atoms with Crippen molar-refractivity contribution >= 4 is 33.3 Å². The summed E-state index contributed by atoms with van der Waals surface area (Å²) < 4.78 is 92.6. The molecule has 0 aromatic heterocycles. The van der Waals surface area contributed by atoms with Crippen LogP contribution in [-0.2, 0) is 19.6 Å². The summed E-state index contributed by atoms with van der Waals surface area (Å²) in [5.41, 5.74) is -1.41. The number of rotatable bonds is 5. The van der Waals surface area contributed by atoms with Gasteiger partial charge in [-0.1, -0.05) is 17.7 Å². The van der Waals surface area contributed by atoms with Gasteiger partial charge in [0, 0.05) is 2.74 Å². The molecule has 126 valence electrons. The molecule has 0 spiro atoms. The number of esters is 1. The highest BCUT2D eigenvalue weighted by Gasteiger charge is 2.35. The molecular weight excluding hydrogens is 345 g/mol. The predicted octanol–water partition coefficient (Wildman–Crippen LogP) is 3.26. The van der Waals surface area contributed by atoms with Crippen LogP contribution in [0.5, 0.6) is 0 Å². The lowest BCUT2D eigenvalue weighted by Crippen LogP contribution is -2.34. The van der Waals surface area contributed by atoms with Gasteiger partial charge in [-0.25, -0.2) is 17.6 Å².